The lowest BCUT2D eigenvalue weighted by molar-refractivity contribution is 0.154. The van der Waals surface area contributed by atoms with Crippen molar-refractivity contribution >= 4 is 53.9 Å². The molecule has 0 aliphatic heterocycles. The lowest BCUT2D eigenvalue weighted by Gasteiger charge is -1.90. The van der Waals surface area contributed by atoms with E-state index in [-0.39, 0.29) is 0 Å². The Bertz CT molecular complexity index is 951. The van der Waals surface area contributed by atoms with Crippen LogP contribution in [0.25, 0.3) is 22.1 Å². The summed E-state index contributed by atoms with van der Waals surface area (Å²) in [7, 11) is 0. The van der Waals surface area contributed by atoms with Crippen LogP contribution >= 0.6 is 31.9 Å². The minimum absolute atomic E-state index is 0.597. The molecule has 2 aromatic heterocycles. The fraction of sp³-hybridized carbons (Fsp3) is 0. The fourth-order valence-electron chi connectivity index (χ4n) is 1.76. The number of hydrogen-bond acceptors (Lipinski definition) is 6. The van der Waals surface area contributed by atoms with Gasteiger partial charge in [-0.25, -0.2) is 0 Å². The molecule has 0 unspecified atom stereocenters. The summed E-state index contributed by atoms with van der Waals surface area (Å²) in [6.45, 7) is 0. The average molecular weight is 428 g/mol. The standard InChI is InChI=1S/2C6H4BrN3O/c7-4-1-2-6-5(3-4)8-9-10(6)11;7-4-1-2-5-6(3-4)10(11)9-8-5/h2*1-3,11H. The number of nitrogens with zero attached hydrogens (tertiary/aromatic N) is 6. The summed E-state index contributed by atoms with van der Waals surface area (Å²) in [5.41, 5.74) is 2.55. The van der Waals surface area contributed by atoms with Crippen LogP contribution in [0.2, 0.25) is 0 Å². The molecule has 2 N–H and O–H groups in total. The predicted molar refractivity (Wildman–Crippen MR) is 84.8 cm³/mol. The molecule has 2 heterocycles. The molecule has 0 saturated carbocycles. The van der Waals surface area contributed by atoms with Gasteiger partial charge in [0.2, 0.25) is 0 Å². The molecule has 10 heteroatoms. The maximum absolute atomic E-state index is 9.06. The van der Waals surface area contributed by atoms with Crippen molar-refractivity contribution in [3.63, 3.8) is 0 Å². The molecule has 2 aromatic carbocycles. The number of benzene rings is 2. The monoisotopic (exact) mass is 426 g/mol. The van der Waals surface area contributed by atoms with Gasteiger partial charge in [0.25, 0.3) is 0 Å². The Balaban J connectivity index is 0.000000131. The Kier molecular flexibility index (Phi) is 3.94. The van der Waals surface area contributed by atoms with E-state index in [2.05, 4.69) is 52.5 Å². The molecule has 4 rings (SSSR count). The third-order valence-electron chi connectivity index (χ3n) is 2.78. The largest absolute Gasteiger partial charge is 0.410 e. The third-order valence-corrected chi connectivity index (χ3v) is 3.77. The van der Waals surface area contributed by atoms with Gasteiger partial charge in [-0.3, -0.25) is 0 Å². The highest BCUT2D eigenvalue weighted by molar-refractivity contribution is 9.10. The van der Waals surface area contributed by atoms with E-state index in [9.17, 15) is 0 Å². The Labute approximate surface area is 140 Å². The zero-order valence-electron chi connectivity index (χ0n) is 10.8. The zero-order valence-corrected chi connectivity index (χ0v) is 14.0. The van der Waals surface area contributed by atoms with E-state index in [1.54, 1.807) is 24.3 Å². The maximum atomic E-state index is 9.06. The van der Waals surface area contributed by atoms with Crippen LogP contribution in [0.4, 0.5) is 0 Å². The van der Waals surface area contributed by atoms with E-state index in [1.807, 2.05) is 12.1 Å². The molecule has 4 aromatic rings. The van der Waals surface area contributed by atoms with Crippen LogP contribution in [0, 0.1) is 0 Å². The number of aromatic nitrogens is 6. The average Bonchev–Trinajstić information content (AvgIpc) is 3.04. The normalized spacial score (nSPS) is 10.6. The summed E-state index contributed by atoms with van der Waals surface area (Å²) < 4.78 is 1.81. The molecule has 0 aliphatic carbocycles. The van der Waals surface area contributed by atoms with E-state index < -0.39 is 0 Å². The van der Waals surface area contributed by atoms with Crippen molar-refractivity contribution in [1.29, 1.82) is 0 Å². The number of halogens is 2. The van der Waals surface area contributed by atoms with Crippen LogP contribution in [0.1, 0.15) is 0 Å². The molecule has 0 fully saturated rings. The van der Waals surface area contributed by atoms with Crippen LogP contribution in [0.15, 0.2) is 45.3 Å². The second kappa shape index (κ2) is 5.89. The lowest BCUT2D eigenvalue weighted by atomic mass is 10.3. The van der Waals surface area contributed by atoms with Gasteiger partial charge in [-0.2, -0.15) is 0 Å². The van der Waals surface area contributed by atoms with Gasteiger partial charge < -0.3 is 10.4 Å². The molecule has 0 bridgehead atoms. The van der Waals surface area contributed by atoms with E-state index in [0.29, 0.717) is 22.1 Å². The number of rotatable bonds is 0. The summed E-state index contributed by atoms with van der Waals surface area (Å²) in [6.07, 6.45) is 0. The first-order chi connectivity index (χ1) is 10.5. The van der Waals surface area contributed by atoms with Crippen molar-refractivity contribution in [3.05, 3.63) is 45.3 Å². The molecule has 22 heavy (non-hydrogen) atoms. The van der Waals surface area contributed by atoms with Crippen molar-refractivity contribution in [1.82, 2.24) is 30.3 Å². The summed E-state index contributed by atoms with van der Waals surface area (Å²) in [5, 5.41) is 32.4. The molecular weight excluding hydrogens is 420 g/mol. The lowest BCUT2D eigenvalue weighted by Crippen LogP contribution is -1.90. The molecule has 0 saturated heterocycles. The maximum Gasteiger partial charge on any atom is 0.131 e. The molecular formula is C12H8Br2N6O2. The topological polar surface area (TPSA) is 102 Å². The van der Waals surface area contributed by atoms with Crippen LogP contribution in [-0.4, -0.2) is 40.7 Å². The van der Waals surface area contributed by atoms with Crippen molar-refractivity contribution in [3.8, 4) is 0 Å². The molecule has 0 radical (unpaired) electrons. The van der Waals surface area contributed by atoms with Crippen LogP contribution in [-0.2, 0) is 0 Å². The summed E-state index contributed by atoms with van der Waals surface area (Å²) in [4.78, 5) is 1.50. The first kappa shape index (κ1) is 14.7. The van der Waals surface area contributed by atoms with Gasteiger partial charge in [0.15, 0.2) is 0 Å². The van der Waals surface area contributed by atoms with Crippen molar-refractivity contribution in [2.75, 3.05) is 0 Å². The number of fused-ring (bicyclic) bond motifs is 2. The van der Waals surface area contributed by atoms with Crippen molar-refractivity contribution in [2.24, 2.45) is 0 Å². The fourth-order valence-corrected chi connectivity index (χ4v) is 2.46. The summed E-state index contributed by atoms with van der Waals surface area (Å²) in [5.74, 6) is 0. The zero-order chi connectivity index (χ0) is 15.7. The first-order valence-electron chi connectivity index (χ1n) is 5.95. The van der Waals surface area contributed by atoms with Crippen molar-refractivity contribution in [2.45, 2.75) is 0 Å². The van der Waals surface area contributed by atoms with Crippen LogP contribution in [0.5, 0.6) is 0 Å². The van der Waals surface area contributed by atoms with Crippen LogP contribution in [0.3, 0.4) is 0 Å². The van der Waals surface area contributed by atoms with Gasteiger partial charge in [-0.1, -0.05) is 41.6 Å². The second-order valence-electron chi connectivity index (χ2n) is 4.22. The second-order valence-corrected chi connectivity index (χ2v) is 6.06. The SMILES string of the molecule is On1nnc2cc(Br)ccc21.On1nnc2ccc(Br)cc21. The molecule has 112 valence electrons. The molecule has 0 amide bonds. The van der Waals surface area contributed by atoms with Crippen molar-refractivity contribution < 1.29 is 10.4 Å². The van der Waals surface area contributed by atoms with E-state index >= 15 is 0 Å². The van der Waals surface area contributed by atoms with Gasteiger partial charge in [0.05, 0.1) is 0 Å². The van der Waals surface area contributed by atoms with E-state index in [1.165, 1.54) is 0 Å². The Hall–Kier alpha value is -2.20. The van der Waals surface area contributed by atoms with Gasteiger partial charge in [-0.15, -0.1) is 10.2 Å². The van der Waals surface area contributed by atoms with Gasteiger partial charge >= 0.3 is 0 Å². The molecule has 8 nitrogen and oxygen atoms in total. The van der Waals surface area contributed by atoms with E-state index in [4.69, 9.17) is 10.4 Å². The van der Waals surface area contributed by atoms with E-state index in [0.717, 1.165) is 18.6 Å². The van der Waals surface area contributed by atoms with Gasteiger partial charge in [-0.05, 0) is 46.8 Å². The molecule has 0 aliphatic rings. The number of hydrogen-bond donors (Lipinski definition) is 2. The van der Waals surface area contributed by atoms with Gasteiger partial charge in [0, 0.05) is 8.95 Å². The molecule has 0 spiro atoms. The highest BCUT2D eigenvalue weighted by Gasteiger charge is 2.02. The first-order valence-corrected chi connectivity index (χ1v) is 7.53. The smallest absolute Gasteiger partial charge is 0.131 e. The quantitative estimate of drug-likeness (QED) is 0.418. The molecule has 0 atom stereocenters. The van der Waals surface area contributed by atoms with Crippen LogP contribution < -0.4 is 0 Å². The highest BCUT2D eigenvalue weighted by atomic mass is 79.9. The van der Waals surface area contributed by atoms with Gasteiger partial charge in [0.1, 0.15) is 22.1 Å². The summed E-state index contributed by atoms with van der Waals surface area (Å²) >= 11 is 6.55. The minimum atomic E-state index is 0.597. The summed E-state index contributed by atoms with van der Waals surface area (Å²) in [6, 6.07) is 10.7. The Morgan fingerprint density at radius 1 is 0.727 bits per heavy atom. The Morgan fingerprint density at radius 2 is 1.32 bits per heavy atom. The Morgan fingerprint density at radius 3 is 2.09 bits per heavy atom. The highest BCUT2D eigenvalue weighted by Crippen LogP contribution is 2.17. The third kappa shape index (κ3) is 2.88. The minimum Gasteiger partial charge on any atom is -0.410 e. The predicted octanol–water partition coefficient (Wildman–Crippen LogP) is 2.86.